The van der Waals surface area contributed by atoms with E-state index in [-0.39, 0.29) is 0 Å². The van der Waals surface area contributed by atoms with Crippen molar-refractivity contribution in [1.29, 1.82) is 0 Å². The fourth-order valence-corrected chi connectivity index (χ4v) is 3.88. The largest absolute Gasteiger partial charge is 0.308 e. The summed E-state index contributed by atoms with van der Waals surface area (Å²) >= 11 is 0. The van der Waals surface area contributed by atoms with Crippen LogP contribution in [0, 0.1) is 0 Å². The van der Waals surface area contributed by atoms with Crippen molar-refractivity contribution in [3.63, 3.8) is 0 Å². The average Bonchev–Trinajstić information content (AvgIpc) is 3.30. The standard InChI is InChI=1S/C28H24N4/c1-3-7-23(8-4-1)24-11-13-27(14-12-24)32-28(25-9-5-2-6-10-25)26(21-31-32)20-30-19-22-15-17-29-18-16-22/h1-18,21,30H,19-20H2. The van der Waals surface area contributed by atoms with Gasteiger partial charge in [-0.1, -0.05) is 72.8 Å². The maximum Gasteiger partial charge on any atom is 0.0785 e. The van der Waals surface area contributed by atoms with Crippen molar-refractivity contribution in [2.45, 2.75) is 13.1 Å². The molecule has 0 fully saturated rings. The molecule has 1 N–H and O–H groups in total. The van der Waals surface area contributed by atoms with Gasteiger partial charge in [-0.05, 0) is 41.0 Å². The topological polar surface area (TPSA) is 42.7 Å². The molecule has 0 saturated heterocycles. The molecule has 3 aromatic carbocycles. The molecule has 32 heavy (non-hydrogen) atoms. The second-order valence-corrected chi connectivity index (χ2v) is 7.67. The van der Waals surface area contributed by atoms with Gasteiger partial charge in [-0.25, -0.2) is 4.68 Å². The van der Waals surface area contributed by atoms with Crippen molar-refractivity contribution >= 4 is 0 Å². The van der Waals surface area contributed by atoms with Gasteiger partial charge >= 0.3 is 0 Å². The monoisotopic (exact) mass is 416 g/mol. The normalized spacial score (nSPS) is 10.9. The summed E-state index contributed by atoms with van der Waals surface area (Å²) in [5.41, 5.74) is 8.09. The number of rotatable bonds is 7. The summed E-state index contributed by atoms with van der Waals surface area (Å²) in [6.07, 6.45) is 5.61. The van der Waals surface area contributed by atoms with Crippen LogP contribution < -0.4 is 5.32 Å². The van der Waals surface area contributed by atoms with Crippen LogP contribution >= 0.6 is 0 Å². The van der Waals surface area contributed by atoms with Gasteiger partial charge in [-0.15, -0.1) is 0 Å². The first-order valence-electron chi connectivity index (χ1n) is 10.8. The average molecular weight is 417 g/mol. The minimum Gasteiger partial charge on any atom is -0.308 e. The number of nitrogens with one attached hydrogen (secondary N) is 1. The van der Waals surface area contributed by atoms with Crippen LogP contribution in [0.5, 0.6) is 0 Å². The lowest BCUT2D eigenvalue weighted by molar-refractivity contribution is 0.693. The van der Waals surface area contributed by atoms with Gasteiger partial charge in [0.2, 0.25) is 0 Å². The summed E-state index contributed by atoms with van der Waals surface area (Å²) in [6, 6.07) is 33.5. The maximum absolute atomic E-state index is 4.76. The second-order valence-electron chi connectivity index (χ2n) is 7.67. The Morgan fingerprint density at radius 3 is 1.94 bits per heavy atom. The molecule has 2 heterocycles. The molecular weight excluding hydrogens is 392 g/mol. The molecule has 0 aliphatic rings. The van der Waals surface area contributed by atoms with E-state index in [9.17, 15) is 0 Å². The van der Waals surface area contributed by atoms with E-state index < -0.39 is 0 Å². The smallest absolute Gasteiger partial charge is 0.0785 e. The van der Waals surface area contributed by atoms with Gasteiger partial charge in [0.1, 0.15) is 0 Å². The highest BCUT2D eigenvalue weighted by Gasteiger charge is 2.14. The first-order chi connectivity index (χ1) is 15.9. The Morgan fingerprint density at radius 1 is 0.625 bits per heavy atom. The summed E-state index contributed by atoms with van der Waals surface area (Å²) < 4.78 is 2.04. The fraction of sp³-hybridized carbons (Fsp3) is 0.0714. The third-order valence-electron chi connectivity index (χ3n) is 5.51. The molecule has 4 nitrogen and oxygen atoms in total. The van der Waals surface area contributed by atoms with E-state index in [0.29, 0.717) is 0 Å². The van der Waals surface area contributed by atoms with Gasteiger partial charge in [-0.2, -0.15) is 5.10 Å². The highest BCUT2D eigenvalue weighted by molar-refractivity contribution is 5.68. The lowest BCUT2D eigenvalue weighted by Crippen LogP contribution is -2.13. The lowest BCUT2D eigenvalue weighted by Gasteiger charge is -2.12. The SMILES string of the molecule is c1ccc(-c2ccc(-n3ncc(CNCc4ccncc4)c3-c3ccccc3)cc2)cc1. The molecule has 0 spiro atoms. The molecule has 0 aliphatic heterocycles. The molecule has 0 amide bonds. The van der Waals surface area contributed by atoms with Crippen molar-refractivity contribution in [3.05, 3.63) is 127 Å². The Labute approximate surface area is 188 Å². The van der Waals surface area contributed by atoms with E-state index in [1.807, 2.05) is 47.5 Å². The molecule has 2 aromatic heterocycles. The summed E-state index contributed by atoms with van der Waals surface area (Å²) in [7, 11) is 0. The zero-order valence-corrected chi connectivity index (χ0v) is 17.7. The number of benzene rings is 3. The predicted molar refractivity (Wildman–Crippen MR) is 129 cm³/mol. The third kappa shape index (κ3) is 4.36. The van der Waals surface area contributed by atoms with Crippen LogP contribution in [0.2, 0.25) is 0 Å². The fourth-order valence-electron chi connectivity index (χ4n) is 3.88. The quantitative estimate of drug-likeness (QED) is 0.360. The van der Waals surface area contributed by atoms with E-state index >= 15 is 0 Å². The lowest BCUT2D eigenvalue weighted by atomic mass is 10.0. The minimum atomic E-state index is 0.731. The second kappa shape index (κ2) is 9.41. The molecule has 0 saturated carbocycles. The first-order valence-corrected chi connectivity index (χ1v) is 10.8. The van der Waals surface area contributed by atoms with Gasteiger partial charge in [0, 0.05) is 36.6 Å². The third-order valence-corrected chi connectivity index (χ3v) is 5.51. The van der Waals surface area contributed by atoms with E-state index in [2.05, 4.69) is 83.1 Å². The van der Waals surface area contributed by atoms with Crippen molar-refractivity contribution in [3.8, 4) is 28.1 Å². The van der Waals surface area contributed by atoms with Crippen LogP contribution in [0.1, 0.15) is 11.1 Å². The van der Waals surface area contributed by atoms with Crippen molar-refractivity contribution in [2.75, 3.05) is 0 Å². The van der Waals surface area contributed by atoms with Crippen LogP contribution in [0.3, 0.4) is 0 Å². The summed E-state index contributed by atoms with van der Waals surface area (Å²) in [4.78, 5) is 4.09. The summed E-state index contributed by atoms with van der Waals surface area (Å²) in [6.45, 7) is 1.52. The maximum atomic E-state index is 4.76. The van der Waals surface area contributed by atoms with E-state index in [4.69, 9.17) is 5.10 Å². The molecule has 0 aliphatic carbocycles. The molecular formula is C28H24N4. The Kier molecular flexibility index (Phi) is 5.86. The van der Waals surface area contributed by atoms with E-state index in [1.54, 1.807) is 0 Å². The van der Waals surface area contributed by atoms with Crippen molar-refractivity contribution in [2.24, 2.45) is 0 Å². The van der Waals surface area contributed by atoms with Crippen molar-refractivity contribution < 1.29 is 0 Å². The molecule has 156 valence electrons. The molecule has 5 aromatic rings. The van der Waals surface area contributed by atoms with Crippen LogP contribution in [0.4, 0.5) is 0 Å². The van der Waals surface area contributed by atoms with E-state index in [0.717, 1.165) is 35.6 Å². The van der Waals surface area contributed by atoms with Gasteiger partial charge in [0.05, 0.1) is 17.6 Å². The van der Waals surface area contributed by atoms with Gasteiger partial charge in [-0.3, -0.25) is 4.98 Å². The Morgan fingerprint density at radius 2 is 1.25 bits per heavy atom. The van der Waals surface area contributed by atoms with Crippen LogP contribution in [0.15, 0.2) is 116 Å². The number of nitrogens with zero attached hydrogens (tertiary/aromatic N) is 3. The summed E-state index contributed by atoms with van der Waals surface area (Å²) in [5, 5.41) is 8.30. The van der Waals surface area contributed by atoms with Gasteiger partial charge in [0.25, 0.3) is 0 Å². The Bertz CT molecular complexity index is 1260. The number of pyridine rings is 1. The molecule has 0 unspecified atom stereocenters. The highest BCUT2D eigenvalue weighted by Crippen LogP contribution is 2.28. The predicted octanol–water partition coefficient (Wildman–Crippen LogP) is 5.89. The van der Waals surface area contributed by atoms with Crippen LogP contribution in [-0.2, 0) is 13.1 Å². The molecule has 5 rings (SSSR count). The van der Waals surface area contributed by atoms with Gasteiger partial charge < -0.3 is 5.32 Å². The molecule has 4 heteroatoms. The Balaban J connectivity index is 1.44. The number of hydrogen-bond acceptors (Lipinski definition) is 3. The van der Waals surface area contributed by atoms with Crippen LogP contribution in [0.25, 0.3) is 28.1 Å². The Hall–Kier alpha value is -4.02. The minimum absolute atomic E-state index is 0.731. The first kappa shape index (κ1) is 19.9. The number of aromatic nitrogens is 3. The van der Waals surface area contributed by atoms with E-state index in [1.165, 1.54) is 16.7 Å². The van der Waals surface area contributed by atoms with Crippen LogP contribution in [-0.4, -0.2) is 14.8 Å². The zero-order valence-electron chi connectivity index (χ0n) is 17.7. The molecule has 0 bridgehead atoms. The highest BCUT2D eigenvalue weighted by atomic mass is 15.3. The zero-order chi connectivity index (χ0) is 21.6. The number of hydrogen-bond donors (Lipinski definition) is 1. The molecule has 0 atom stereocenters. The van der Waals surface area contributed by atoms with Crippen molar-refractivity contribution in [1.82, 2.24) is 20.1 Å². The summed E-state index contributed by atoms with van der Waals surface area (Å²) in [5.74, 6) is 0. The van der Waals surface area contributed by atoms with Gasteiger partial charge in [0.15, 0.2) is 0 Å². The molecule has 0 radical (unpaired) electrons.